The van der Waals surface area contributed by atoms with Gasteiger partial charge >= 0.3 is 0 Å². The first-order chi connectivity index (χ1) is 9.24. The summed E-state index contributed by atoms with van der Waals surface area (Å²) < 4.78 is 23.8. The molecule has 0 N–H and O–H groups in total. The van der Waals surface area contributed by atoms with Gasteiger partial charge < -0.3 is 9.47 Å². The van der Waals surface area contributed by atoms with Gasteiger partial charge in [-0.25, -0.2) is 4.39 Å². The van der Waals surface area contributed by atoms with E-state index in [1.807, 2.05) is 6.07 Å². The van der Waals surface area contributed by atoms with Crippen LogP contribution in [-0.4, -0.2) is 7.11 Å². The van der Waals surface area contributed by atoms with Gasteiger partial charge in [-0.1, -0.05) is 18.2 Å². The molecular formula is C15H12FNO2. The van der Waals surface area contributed by atoms with Crippen molar-refractivity contribution in [3.63, 3.8) is 0 Å². The smallest absolute Gasteiger partial charge is 0.165 e. The van der Waals surface area contributed by atoms with E-state index in [0.717, 1.165) is 0 Å². The molecular weight excluding hydrogens is 245 g/mol. The molecule has 2 rings (SSSR count). The average molecular weight is 257 g/mol. The van der Waals surface area contributed by atoms with Crippen molar-refractivity contribution in [2.75, 3.05) is 7.11 Å². The highest BCUT2D eigenvalue weighted by Gasteiger charge is 2.05. The van der Waals surface area contributed by atoms with Gasteiger partial charge in [0.1, 0.15) is 18.4 Å². The van der Waals surface area contributed by atoms with Crippen LogP contribution >= 0.6 is 0 Å². The van der Waals surface area contributed by atoms with Crippen LogP contribution < -0.4 is 9.47 Å². The highest BCUT2D eigenvalue weighted by molar-refractivity contribution is 5.42. The Kier molecular flexibility index (Phi) is 3.99. The fraction of sp³-hybridized carbons (Fsp3) is 0.133. The molecule has 0 saturated carbocycles. The van der Waals surface area contributed by atoms with Gasteiger partial charge in [-0.3, -0.25) is 0 Å². The van der Waals surface area contributed by atoms with Crippen LogP contribution in [0.3, 0.4) is 0 Å². The number of nitrogens with zero attached hydrogens (tertiary/aromatic N) is 1. The van der Waals surface area contributed by atoms with Crippen molar-refractivity contribution in [2.45, 2.75) is 6.61 Å². The maximum absolute atomic E-state index is 13.5. The number of para-hydroxylation sites is 1. The zero-order valence-electron chi connectivity index (χ0n) is 10.4. The van der Waals surface area contributed by atoms with Crippen molar-refractivity contribution in [1.82, 2.24) is 0 Å². The maximum Gasteiger partial charge on any atom is 0.165 e. The molecule has 0 unspecified atom stereocenters. The number of nitriles is 1. The number of hydrogen-bond donors (Lipinski definition) is 0. The molecule has 0 aliphatic heterocycles. The van der Waals surface area contributed by atoms with E-state index in [0.29, 0.717) is 16.9 Å². The Morgan fingerprint density at radius 1 is 1.16 bits per heavy atom. The first-order valence-corrected chi connectivity index (χ1v) is 5.69. The summed E-state index contributed by atoms with van der Waals surface area (Å²) in [6, 6.07) is 13.6. The molecule has 0 aromatic heterocycles. The number of methoxy groups -OCH3 is 1. The van der Waals surface area contributed by atoms with E-state index in [-0.39, 0.29) is 12.4 Å². The van der Waals surface area contributed by atoms with Crippen molar-refractivity contribution >= 4 is 0 Å². The van der Waals surface area contributed by atoms with Gasteiger partial charge in [-0.15, -0.1) is 0 Å². The fourth-order valence-corrected chi connectivity index (χ4v) is 1.65. The second kappa shape index (κ2) is 5.87. The molecule has 0 fully saturated rings. The topological polar surface area (TPSA) is 42.2 Å². The van der Waals surface area contributed by atoms with E-state index in [4.69, 9.17) is 14.7 Å². The number of rotatable bonds is 4. The van der Waals surface area contributed by atoms with Gasteiger partial charge in [0.25, 0.3) is 0 Å². The van der Waals surface area contributed by atoms with E-state index in [1.165, 1.54) is 13.2 Å². The van der Waals surface area contributed by atoms with Crippen molar-refractivity contribution in [1.29, 1.82) is 5.26 Å². The normalized spacial score (nSPS) is 9.74. The van der Waals surface area contributed by atoms with E-state index in [1.54, 1.807) is 36.4 Å². The van der Waals surface area contributed by atoms with Crippen LogP contribution in [0.2, 0.25) is 0 Å². The molecule has 0 atom stereocenters. The van der Waals surface area contributed by atoms with Crippen LogP contribution in [0.15, 0.2) is 42.5 Å². The minimum absolute atomic E-state index is 0.194. The Morgan fingerprint density at radius 2 is 1.95 bits per heavy atom. The van der Waals surface area contributed by atoms with Gasteiger partial charge in [0, 0.05) is 0 Å². The summed E-state index contributed by atoms with van der Waals surface area (Å²) >= 11 is 0. The van der Waals surface area contributed by atoms with Gasteiger partial charge in [0.05, 0.1) is 12.7 Å². The van der Waals surface area contributed by atoms with Gasteiger partial charge in [0.2, 0.25) is 0 Å². The van der Waals surface area contributed by atoms with Crippen molar-refractivity contribution in [2.24, 2.45) is 0 Å². The predicted octanol–water partition coefficient (Wildman–Crippen LogP) is 3.28. The van der Waals surface area contributed by atoms with E-state index in [9.17, 15) is 4.39 Å². The molecule has 2 aromatic carbocycles. The quantitative estimate of drug-likeness (QED) is 0.844. The maximum atomic E-state index is 13.5. The van der Waals surface area contributed by atoms with Crippen LogP contribution in [0.1, 0.15) is 11.1 Å². The number of benzene rings is 2. The molecule has 0 radical (unpaired) electrons. The zero-order chi connectivity index (χ0) is 13.7. The third kappa shape index (κ3) is 3.02. The Balaban J connectivity index is 2.11. The third-order valence-corrected chi connectivity index (χ3v) is 2.62. The van der Waals surface area contributed by atoms with Crippen molar-refractivity contribution in [3.8, 4) is 17.6 Å². The molecule has 0 heterocycles. The molecule has 0 amide bonds. The molecule has 0 bridgehead atoms. The summed E-state index contributed by atoms with van der Waals surface area (Å²) in [5, 5.41) is 8.92. The summed E-state index contributed by atoms with van der Waals surface area (Å²) in [6.45, 7) is 0.194. The standard InChI is InChI=1S/C15H12FNO2/c1-18-15-7-6-11(8-13(15)16)10-19-14-5-3-2-4-12(14)9-17/h2-8H,10H2,1H3. The minimum atomic E-state index is -0.433. The fourth-order valence-electron chi connectivity index (χ4n) is 1.65. The minimum Gasteiger partial charge on any atom is -0.494 e. The van der Waals surface area contributed by atoms with Crippen molar-refractivity contribution in [3.05, 3.63) is 59.4 Å². The number of halogens is 1. The zero-order valence-corrected chi connectivity index (χ0v) is 10.4. The second-order valence-electron chi connectivity index (χ2n) is 3.87. The molecule has 0 saturated heterocycles. The Bertz CT molecular complexity index is 620. The summed E-state index contributed by atoms with van der Waals surface area (Å²) in [5.41, 5.74) is 1.13. The lowest BCUT2D eigenvalue weighted by atomic mass is 10.2. The number of ether oxygens (including phenoxy) is 2. The lowest BCUT2D eigenvalue weighted by Gasteiger charge is -2.08. The molecule has 0 aliphatic rings. The molecule has 2 aromatic rings. The van der Waals surface area contributed by atoms with Crippen molar-refractivity contribution < 1.29 is 13.9 Å². The highest BCUT2D eigenvalue weighted by Crippen LogP contribution is 2.21. The lowest BCUT2D eigenvalue weighted by molar-refractivity contribution is 0.304. The third-order valence-electron chi connectivity index (χ3n) is 2.62. The first-order valence-electron chi connectivity index (χ1n) is 5.69. The van der Waals surface area contributed by atoms with E-state index in [2.05, 4.69) is 0 Å². The van der Waals surface area contributed by atoms with Gasteiger partial charge in [-0.05, 0) is 29.8 Å². The van der Waals surface area contributed by atoms with E-state index < -0.39 is 5.82 Å². The molecule has 3 nitrogen and oxygen atoms in total. The summed E-state index contributed by atoms with van der Waals surface area (Å²) in [7, 11) is 1.41. The van der Waals surface area contributed by atoms with Gasteiger partial charge in [0.15, 0.2) is 11.6 Å². The predicted molar refractivity (Wildman–Crippen MR) is 68.4 cm³/mol. The van der Waals surface area contributed by atoms with Crippen LogP contribution in [0.25, 0.3) is 0 Å². The summed E-state index contributed by atoms with van der Waals surface area (Å²) in [4.78, 5) is 0. The Labute approximate surface area is 110 Å². The van der Waals surface area contributed by atoms with E-state index >= 15 is 0 Å². The van der Waals surface area contributed by atoms with Crippen LogP contribution in [0.5, 0.6) is 11.5 Å². The number of hydrogen-bond acceptors (Lipinski definition) is 3. The second-order valence-corrected chi connectivity index (χ2v) is 3.87. The van der Waals surface area contributed by atoms with Crippen LogP contribution in [0.4, 0.5) is 4.39 Å². The largest absolute Gasteiger partial charge is 0.494 e. The highest BCUT2D eigenvalue weighted by atomic mass is 19.1. The average Bonchev–Trinajstić information content (AvgIpc) is 2.45. The Morgan fingerprint density at radius 3 is 2.63 bits per heavy atom. The molecule has 4 heteroatoms. The SMILES string of the molecule is COc1ccc(COc2ccccc2C#N)cc1F. The molecule has 0 spiro atoms. The summed E-state index contributed by atoms with van der Waals surface area (Å²) in [6.07, 6.45) is 0. The molecule has 19 heavy (non-hydrogen) atoms. The monoisotopic (exact) mass is 257 g/mol. The first kappa shape index (κ1) is 12.9. The molecule has 0 aliphatic carbocycles. The molecule has 96 valence electrons. The lowest BCUT2D eigenvalue weighted by Crippen LogP contribution is -1.98. The van der Waals surface area contributed by atoms with Gasteiger partial charge in [-0.2, -0.15) is 5.26 Å². The summed E-state index contributed by atoms with van der Waals surface area (Å²) in [5.74, 6) is 0.250. The van der Waals surface area contributed by atoms with Crippen LogP contribution in [0, 0.1) is 17.1 Å². The Hall–Kier alpha value is -2.54. The van der Waals surface area contributed by atoms with Crippen LogP contribution in [-0.2, 0) is 6.61 Å².